The number of hydrogen-bond acceptors (Lipinski definition) is 4. The number of rotatable bonds is 3. The first-order valence-corrected chi connectivity index (χ1v) is 6.91. The van der Waals surface area contributed by atoms with Crippen molar-refractivity contribution in [2.24, 2.45) is 11.8 Å². The van der Waals surface area contributed by atoms with Gasteiger partial charge in [-0.1, -0.05) is 6.92 Å². The molecule has 0 N–H and O–H groups in total. The first kappa shape index (κ1) is 13.8. The minimum atomic E-state index is -0.403. The average Bonchev–Trinajstić information content (AvgIpc) is 2.80. The standard InChI is InChI=1S/C14H24O4/c1-9-12(5-6-13(15)16-4)7-8-14(9)17-10(2)11(3)18-14/h9-12H,5-8H2,1-4H3. The van der Waals surface area contributed by atoms with Crippen LogP contribution < -0.4 is 0 Å². The molecule has 0 aromatic rings. The fourth-order valence-corrected chi connectivity index (χ4v) is 3.20. The Hall–Kier alpha value is -0.610. The molecule has 4 heteroatoms. The van der Waals surface area contributed by atoms with E-state index in [2.05, 4.69) is 20.8 Å². The van der Waals surface area contributed by atoms with Crippen molar-refractivity contribution in [3.8, 4) is 0 Å². The van der Waals surface area contributed by atoms with E-state index in [0.717, 1.165) is 19.3 Å². The van der Waals surface area contributed by atoms with Crippen molar-refractivity contribution in [3.63, 3.8) is 0 Å². The van der Waals surface area contributed by atoms with Crippen molar-refractivity contribution >= 4 is 5.97 Å². The Kier molecular flexibility index (Phi) is 3.97. The van der Waals surface area contributed by atoms with Gasteiger partial charge in [-0.2, -0.15) is 0 Å². The third-order valence-electron chi connectivity index (χ3n) is 4.64. The summed E-state index contributed by atoms with van der Waals surface area (Å²) in [7, 11) is 1.44. The lowest BCUT2D eigenvalue weighted by Gasteiger charge is -2.30. The molecule has 1 saturated carbocycles. The fraction of sp³-hybridized carbons (Fsp3) is 0.929. The molecule has 1 heterocycles. The third kappa shape index (κ3) is 2.41. The largest absolute Gasteiger partial charge is 0.469 e. The van der Waals surface area contributed by atoms with Gasteiger partial charge in [0.15, 0.2) is 5.79 Å². The molecule has 0 aromatic carbocycles. The normalized spacial score (nSPS) is 43.6. The molecule has 4 unspecified atom stereocenters. The van der Waals surface area contributed by atoms with E-state index < -0.39 is 5.79 Å². The maximum atomic E-state index is 11.2. The van der Waals surface area contributed by atoms with Gasteiger partial charge in [0.1, 0.15) is 0 Å². The SMILES string of the molecule is COC(=O)CCC1CCC2(OC(C)C(C)O2)C1C. The second-order valence-electron chi connectivity index (χ2n) is 5.66. The lowest BCUT2D eigenvalue weighted by molar-refractivity contribution is -0.197. The highest BCUT2D eigenvalue weighted by Gasteiger charge is 2.53. The summed E-state index contributed by atoms with van der Waals surface area (Å²) < 4.78 is 16.8. The second kappa shape index (κ2) is 5.17. The molecular weight excluding hydrogens is 232 g/mol. The van der Waals surface area contributed by atoms with Crippen molar-refractivity contribution in [3.05, 3.63) is 0 Å². The smallest absolute Gasteiger partial charge is 0.305 e. The highest BCUT2D eigenvalue weighted by Crippen LogP contribution is 2.49. The lowest BCUT2D eigenvalue weighted by Crippen LogP contribution is -2.35. The maximum Gasteiger partial charge on any atom is 0.305 e. The minimum Gasteiger partial charge on any atom is -0.469 e. The van der Waals surface area contributed by atoms with E-state index in [1.807, 2.05) is 0 Å². The topological polar surface area (TPSA) is 44.8 Å². The number of methoxy groups -OCH3 is 1. The van der Waals surface area contributed by atoms with Crippen molar-refractivity contribution < 1.29 is 19.0 Å². The average molecular weight is 256 g/mol. The van der Waals surface area contributed by atoms with E-state index in [-0.39, 0.29) is 18.2 Å². The molecular formula is C14H24O4. The van der Waals surface area contributed by atoms with Crippen LogP contribution in [0.25, 0.3) is 0 Å². The summed E-state index contributed by atoms with van der Waals surface area (Å²) in [5, 5.41) is 0. The summed E-state index contributed by atoms with van der Waals surface area (Å²) in [5.74, 6) is 0.300. The van der Waals surface area contributed by atoms with Gasteiger partial charge < -0.3 is 14.2 Å². The summed E-state index contributed by atoms with van der Waals surface area (Å²) in [6.45, 7) is 6.31. The highest BCUT2D eigenvalue weighted by atomic mass is 16.8. The molecule has 2 rings (SSSR count). The van der Waals surface area contributed by atoms with Crippen LogP contribution in [-0.2, 0) is 19.0 Å². The third-order valence-corrected chi connectivity index (χ3v) is 4.64. The summed E-state index contributed by atoms with van der Waals surface area (Å²) in [6.07, 6.45) is 3.68. The molecule has 1 aliphatic carbocycles. The van der Waals surface area contributed by atoms with Crippen LogP contribution in [0.1, 0.15) is 46.5 Å². The first-order valence-electron chi connectivity index (χ1n) is 6.91. The predicted molar refractivity (Wildman–Crippen MR) is 67.0 cm³/mol. The molecule has 4 nitrogen and oxygen atoms in total. The van der Waals surface area contributed by atoms with Crippen LogP contribution in [0.3, 0.4) is 0 Å². The molecule has 4 atom stereocenters. The zero-order valence-electron chi connectivity index (χ0n) is 11.8. The number of ether oxygens (including phenoxy) is 3. The zero-order valence-corrected chi connectivity index (χ0v) is 11.8. The van der Waals surface area contributed by atoms with Crippen molar-refractivity contribution in [1.82, 2.24) is 0 Å². The van der Waals surface area contributed by atoms with Crippen molar-refractivity contribution in [2.75, 3.05) is 7.11 Å². The Labute approximate surface area is 109 Å². The molecule has 104 valence electrons. The molecule has 1 spiro atoms. The quantitative estimate of drug-likeness (QED) is 0.728. The molecule has 18 heavy (non-hydrogen) atoms. The van der Waals surface area contributed by atoms with E-state index >= 15 is 0 Å². The lowest BCUT2D eigenvalue weighted by atomic mass is 9.91. The number of hydrogen-bond donors (Lipinski definition) is 0. The van der Waals surface area contributed by atoms with Gasteiger partial charge in [-0.3, -0.25) is 4.79 Å². The summed E-state index contributed by atoms with van der Waals surface area (Å²) in [4.78, 5) is 11.2. The molecule has 0 amide bonds. The van der Waals surface area contributed by atoms with Crippen LogP contribution in [0.2, 0.25) is 0 Å². The van der Waals surface area contributed by atoms with Crippen molar-refractivity contribution in [1.29, 1.82) is 0 Å². The van der Waals surface area contributed by atoms with Crippen LogP contribution in [0.15, 0.2) is 0 Å². The number of esters is 1. The number of carbonyl (C=O) groups excluding carboxylic acids is 1. The molecule has 0 bridgehead atoms. The van der Waals surface area contributed by atoms with Crippen LogP contribution in [0.5, 0.6) is 0 Å². The second-order valence-corrected chi connectivity index (χ2v) is 5.66. The van der Waals surface area contributed by atoms with E-state index in [4.69, 9.17) is 14.2 Å². The van der Waals surface area contributed by atoms with E-state index in [9.17, 15) is 4.79 Å². The molecule has 1 aliphatic heterocycles. The van der Waals surface area contributed by atoms with Gasteiger partial charge in [-0.25, -0.2) is 0 Å². The van der Waals surface area contributed by atoms with E-state index in [0.29, 0.717) is 18.3 Å². The molecule has 2 aliphatic rings. The highest BCUT2D eigenvalue weighted by molar-refractivity contribution is 5.69. The van der Waals surface area contributed by atoms with Gasteiger partial charge in [-0.05, 0) is 32.6 Å². The van der Waals surface area contributed by atoms with Crippen LogP contribution in [0.4, 0.5) is 0 Å². The van der Waals surface area contributed by atoms with Crippen LogP contribution >= 0.6 is 0 Å². The molecule has 0 aromatic heterocycles. The van der Waals surface area contributed by atoms with Crippen LogP contribution in [-0.4, -0.2) is 31.1 Å². The van der Waals surface area contributed by atoms with Crippen molar-refractivity contribution in [2.45, 2.75) is 64.4 Å². The van der Waals surface area contributed by atoms with E-state index in [1.165, 1.54) is 7.11 Å². The summed E-state index contributed by atoms with van der Waals surface area (Å²) in [5.41, 5.74) is 0. The van der Waals surface area contributed by atoms with Crippen LogP contribution in [0, 0.1) is 11.8 Å². The Morgan fingerprint density at radius 3 is 2.44 bits per heavy atom. The van der Waals surface area contributed by atoms with Gasteiger partial charge in [0.05, 0.1) is 19.3 Å². The zero-order chi connectivity index (χ0) is 13.3. The Morgan fingerprint density at radius 1 is 1.28 bits per heavy atom. The van der Waals surface area contributed by atoms with E-state index in [1.54, 1.807) is 0 Å². The first-order chi connectivity index (χ1) is 8.48. The molecule has 2 fully saturated rings. The van der Waals surface area contributed by atoms with Gasteiger partial charge in [-0.15, -0.1) is 0 Å². The Balaban J connectivity index is 1.93. The molecule has 0 radical (unpaired) electrons. The summed E-state index contributed by atoms with van der Waals surface area (Å²) >= 11 is 0. The molecule has 1 saturated heterocycles. The maximum absolute atomic E-state index is 11.2. The minimum absolute atomic E-state index is 0.127. The Morgan fingerprint density at radius 2 is 1.89 bits per heavy atom. The van der Waals surface area contributed by atoms with Gasteiger partial charge in [0, 0.05) is 18.8 Å². The number of carbonyl (C=O) groups is 1. The fourth-order valence-electron chi connectivity index (χ4n) is 3.20. The predicted octanol–water partition coefficient (Wildman–Crippen LogP) is 2.51. The van der Waals surface area contributed by atoms with Gasteiger partial charge in [0.25, 0.3) is 0 Å². The monoisotopic (exact) mass is 256 g/mol. The van der Waals surface area contributed by atoms with Gasteiger partial charge >= 0.3 is 5.97 Å². The summed E-state index contributed by atoms with van der Waals surface area (Å²) in [6, 6.07) is 0. The van der Waals surface area contributed by atoms with Gasteiger partial charge in [0.2, 0.25) is 0 Å². The Bertz CT molecular complexity index is 305.